The van der Waals surface area contributed by atoms with E-state index in [1.807, 2.05) is 31.2 Å². The number of fused-ring (bicyclic) bond motifs is 1. The van der Waals surface area contributed by atoms with E-state index in [4.69, 9.17) is 0 Å². The van der Waals surface area contributed by atoms with Gasteiger partial charge in [-0.1, -0.05) is 39.4 Å². The Morgan fingerprint density at radius 3 is 2.50 bits per heavy atom. The van der Waals surface area contributed by atoms with Crippen LogP contribution in [0.5, 0.6) is 0 Å². The lowest BCUT2D eigenvalue weighted by Gasteiger charge is -2.30. The van der Waals surface area contributed by atoms with E-state index in [1.54, 1.807) is 22.8 Å². The van der Waals surface area contributed by atoms with Gasteiger partial charge in [-0.15, -0.1) is 0 Å². The number of hydrogen-bond acceptors (Lipinski definition) is 5. The summed E-state index contributed by atoms with van der Waals surface area (Å²) in [5, 5.41) is 2.93. The second-order valence-electron chi connectivity index (χ2n) is 7.84. The average Bonchev–Trinajstić information content (AvgIpc) is 3.09. The molecule has 0 aliphatic carbocycles. The summed E-state index contributed by atoms with van der Waals surface area (Å²) in [4.78, 5) is 24.8. The molecule has 1 amide bonds. The van der Waals surface area contributed by atoms with Crippen LogP contribution in [0, 0.1) is 5.92 Å². The first-order valence-corrected chi connectivity index (χ1v) is 13.6. The fourth-order valence-electron chi connectivity index (χ4n) is 3.97. The molecule has 1 N–H and O–H groups in total. The number of amides is 1. The van der Waals surface area contributed by atoms with Gasteiger partial charge in [-0.3, -0.25) is 14.2 Å². The fraction of sp³-hybridized carbons (Fsp3) is 0.364. The zero-order chi connectivity index (χ0) is 22.9. The van der Waals surface area contributed by atoms with Gasteiger partial charge >= 0.3 is 4.87 Å². The molecule has 0 unspecified atom stereocenters. The molecule has 1 aliphatic heterocycles. The molecular weight excluding hydrogens is 514 g/mol. The molecule has 0 radical (unpaired) electrons. The number of carbonyl (C=O) groups excluding carboxylic acids is 1. The second kappa shape index (κ2) is 9.46. The van der Waals surface area contributed by atoms with E-state index in [0.29, 0.717) is 38.2 Å². The maximum atomic E-state index is 12.8. The van der Waals surface area contributed by atoms with E-state index < -0.39 is 10.0 Å². The molecule has 170 valence electrons. The molecule has 1 fully saturated rings. The zero-order valence-electron chi connectivity index (χ0n) is 17.6. The van der Waals surface area contributed by atoms with Crippen LogP contribution in [0.4, 0.5) is 5.69 Å². The standard InChI is InChI=1S/C22H24BrN3O4S2/c1-2-26-19-8-7-18(13-20(19)31-22(26)28)24-21(27)16-9-11-25(12-10-16)32(29,30)14-15-3-5-17(23)6-4-15/h3-8,13,16H,2,9-12,14H2,1H3,(H,24,27). The predicted octanol–water partition coefficient (Wildman–Crippen LogP) is 4.03. The highest BCUT2D eigenvalue weighted by atomic mass is 79.9. The topological polar surface area (TPSA) is 88.5 Å². The van der Waals surface area contributed by atoms with E-state index in [2.05, 4.69) is 21.2 Å². The van der Waals surface area contributed by atoms with Crippen LogP contribution in [0.1, 0.15) is 25.3 Å². The van der Waals surface area contributed by atoms with Crippen molar-refractivity contribution in [3.8, 4) is 0 Å². The molecule has 0 atom stereocenters. The number of rotatable bonds is 6. The summed E-state index contributed by atoms with van der Waals surface area (Å²) in [6.45, 7) is 3.19. The molecule has 1 saturated heterocycles. The van der Waals surface area contributed by atoms with Gasteiger partial charge in [0.2, 0.25) is 15.9 Å². The quantitative estimate of drug-likeness (QED) is 0.514. The van der Waals surface area contributed by atoms with Crippen molar-refractivity contribution >= 4 is 59.1 Å². The SMILES string of the molecule is CCn1c(=O)sc2cc(NC(=O)C3CCN(S(=O)(=O)Cc4ccc(Br)cc4)CC3)ccc21. The van der Waals surface area contributed by atoms with Crippen molar-refractivity contribution < 1.29 is 13.2 Å². The summed E-state index contributed by atoms with van der Waals surface area (Å²) in [6.07, 6.45) is 0.959. The van der Waals surface area contributed by atoms with Gasteiger partial charge in [0.25, 0.3) is 0 Å². The van der Waals surface area contributed by atoms with Gasteiger partial charge in [0.1, 0.15) is 0 Å². The number of sulfonamides is 1. The third-order valence-electron chi connectivity index (χ3n) is 5.73. The molecule has 0 spiro atoms. The highest BCUT2D eigenvalue weighted by molar-refractivity contribution is 9.10. The van der Waals surface area contributed by atoms with Crippen LogP contribution in [0.25, 0.3) is 10.2 Å². The number of thiazole rings is 1. The van der Waals surface area contributed by atoms with Crippen molar-refractivity contribution in [1.29, 1.82) is 0 Å². The molecule has 3 aromatic rings. The van der Waals surface area contributed by atoms with E-state index in [-0.39, 0.29) is 22.5 Å². The molecule has 4 rings (SSSR count). The number of carbonyl (C=O) groups is 1. The number of anilines is 1. The van der Waals surface area contributed by atoms with Crippen LogP contribution in [-0.4, -0.2) is 36.3 Å². The Morgan fingerprint density at radius 2 is 1.84 bits per heavy atom. The van der Waals surface area contributed by atoms with Gasteiger partial charge in [-0.2, -0.15) is 0 Å². The Morgan fingerprint density at radius 1 is 1.16 bits per heavy atom. The minimum Gasteiger partial charge on any atom is -0.326 e. The van der Waals surface area contributed by atoms with E-state index in [9.17, 15) is 18.0 Å². The number of nitrogens with zero attached hydrogens (tertiary/aromatic N) is 2. The maximum Gasteiger partial charge on any atom is 0.308 e. The molecule has 7 nitrogen and oxygen atoms in total. The lowest BCUT2D eigenvalue weighted by atomic mass is 9.97. The Hall–Kier alpha value is -2.01. The first-order chi connectivity index (χ1) is 15.3. The largest absolute Gasteiger partial charge is 0.326 e. The molecule has 1 aromatic heterocycles. The number of piperidine rings is 1. The normalized spacial score (nSPS) is 15.8. The van der Waals surface area contributed by atoms with Crippen LogP contribution in [-0.2, 0) is 27.1 Å². The van der Waals surface area contributed by atoms with Crippen molar-refractivity contribution in [1.82, 2.24) is 8.87 Å². The van der Waals surface area contributed by atoms with Crippen LogP contribution in [0.2, 0.25) is 0 Å². The molecule has 2 aromatic carbocycles. The Bertz CT molecular complexity index is 1290. The van der Waals surface area contributed by atoms with Crippen molar-refractivity contribution in [3.63, 3.8) is 0 Å². The number of halogens is 1. The summed E-state index contributed by atoms with van der Waals surface area (Å²) >= 11 is 4.52. The van der Waals surface area contributed by atoms with Crippen molar-refractivity contribution in [2.24, 2.45) is 5.92 Å². The minimum atomic E-state index is -3.43. The Balaban J connectivity index is 1.36. The lowest BCUT2D eigenvalue weighted by molar-refractivity contribution is -0.120. The second-order valence-corrected chi connectivity index (χ2v) is 11.7. The molecule has 1 aliphatic rings. The number of aromatic nitrogens is 1. The third kappa shape index (κ3) is 4.98. The molecule has 0 bridgehead atoms. The Labute approximate surface area is 199 Å². The number of hydrogen-bond donors (Lipinski definition) is 1. The maximum absolute atomic E-state index is 12.8. The average molecular weight is 538 g/mol. The summed E-state index contributed by atoms with van der Waals surface area (Å²) in [5.41, 5.74) is 2.25. The number of nitrogens with one attached hydrogen (secondary N) is 1. The Kier molecular flexibility index (Phi) is 6.85. The van der Waals surface area contributed by atoms with E-state index in [0.717, 1.165) is 31.6 Å². The van der Waals surface area contributed by atoms with Gasteiger partial charge in [0.05, 0.1) is 16.0 Å². The highest BCUT2D eigenvalue weighted by Crippen LogP contribution is 2.26. The van der Waals surface area contributed by atoms with E-state index >= 15 is 0 Å². The lowest BCUT2D eigenvalue weighted by Crippen LogP contribution is -2.41. The first-order valence-electron chi connectivity index (χ1n) is 10.4. The van der Waals surface area contributed by atoms with Crippen LogP contribution >= 0.6 is 27.3 Å². The smallest absolute Gasteiger partial charge is 0.308 e. The zero-order valence-corrected chi connectivity index (χ0v) is 20.8. The van der Waals surface area contributed by atoms with Crippen LogP contribution in [0.15, 0.2) is 51.7 Å². The summed E-state index contributed by atoms with van der Waals surface area (Å²) in [5.74, 6) is -0.405. The minimum absolute atomic E-state index is 0.0114. The molecule has 10 heteroatoms. The van der Waals surface area contributed by atoms with Crippen molar-refractivity contribution in [3.05, 3.63) is 62.2 Å². The van der Waals surface area contributed by atoms with Gasteiger partial charge in [0.15, 0.2) is 0 Å². The molecule has 32 heavy (non-hydrogen) atoms. The van der Waals surface area contributed by atoms with Crippen LogP contribution < -0.4 is 10.2 Å². The van der Waals surface area contributed by atoms with Gasteiger partial charge in [0, 0.05) is 35.7 Å². The molecular formula is C22H24BrN3O4S2. The summed E-state index contributed by atoms with van der Waals surface area (Å²) in [7, 11) is -3.43. The van der Waals surface area contributed by atoms with E-state index in [1.165, 1.54) is 4.31 Å². The van der Waals surface area contributed by atoms with Gasteiger partial charge in [-0.25, -0.2) is 12.7 Å². The summed E-state index contributed by atoms with van der Waals surface area (Å²) in [6, 6.07) is 12.7. The summed E-state index contributed by atoms with van der Waals surface area (Å²) < 4.78 is 30.5. The van der Waals surface area contributed by atoms with Crippen molar-refractivity contribution in [2.75, 3.05) is 18.4 Å². The van der Waals surface area contributed by atoms with Gasteiger partial charge < -0.3 is 5.32 Å². The predicted molar refractivity (Wildman–Crippen MR) is 131 cm³/mol. The molecule has 0 saturated carbocycles. The van der Waals surface area contributed by atoms with Crippen LogP contribution in [0.3, 0.4) is 0 Å². The number of benzene rings is 2. The first kappa shape index (κ1) is 23.2. The fourth-order valence-corrected chi connectivity index (χ4v) is 6.79. The molecule has 2 heterocycles. The highest BCUT2D eigenvalue weighted by Gasteiger charge is 2.31. The third-order valence-corrected chi connectivity index (χ3v) is 9.05. The monoisotopic (exact) mass is 537 g/mol. The number of aryl methyl sites for hydroxylation is 1. The van der Waals surface area contributed by atoms with Gasteiger partial charge in [-0.05, 0) is 55.7 Å². The van der Waals surface area contributed by atoms with Crippen molar-refractivity contribution in [2.45, 2.75) is 32.1 Å².